The summed E-state index contributed by atoms with van der Waals surface area (Å²) < 4.78 is 5.76. The van der Waals surface area contributed by atoms with Crippen LogP contribution in [0.3, 0.4) is 0 Å². The predicted molar refractivity (Wildman–Crippen MR) is 66.8 cm³/mol. The van der Waals surface area contributed by atoms with Crippen molar-refractivity contribution >= 4 is 5.91 Å². The largest absolute Gasteiger partial charge is 0.367 e. The van der Waals surface area contributed by atoms with Gasteiger partial charge in [-0.2, -0.15) is 0 Å². The Balaban J connectivity index is 1.74. The third-order valence-corrected chi connectivity index (χ3v) is 3.76. The number of carbonyl (C=O) groups is 1. The van der Waals surface area contributed by atoms with Crippen LogP contribution in [0.2, 0.25) is 0 Å². The highest BCUT2D eigenvalue weighted by atomic mass is 16.5. The average Bonchev–Trinajstić information content (AvgIpc) is 3.13. The Morgan fingerprint density at radius 1 is 1.41 bits per heavy atom. The standard InChI is InChI=1S/C13H24N2O2/c1-3-15(11-6-7-11)13(16)9-17-12-5-4-8-14-10(12)2/h10-12,14H,3-9H2,1-2H3. The first-order valence-corrected chi connectivity index (χ1v) is 6.86. The van der Waals surface area contributed by atoms with Gasteiger partial charge < -0.3 is 15.0 Å². The molecule has 1 N–H and O–H groups in total. The van der Waals surface area contributed by atoms with Crippen molar-refractivity contribution in [1.82, 2.24) is 10.2 Å². The van der Waals surface area contributed by atoms with E-state index in [4.69, 9.17) is 4.74 Å². The second kappa shape index (κ2) is 5.83. The molecule has 0 aromatic heterocycles. The Labute approximate surface area is 104 Å². The molecule has 0 radical (unpaired) electrons. The Hall–Kier alpha value is -0.610. The first kappa shape index (κ1) is 12.8. The van der Waals surface area contributed by atoms with Crippen LogP contribution in [0, 0.1) is 0 Å². The third-order valence-electron chi connectivity index (χ3n) is 3.76. The van der Waals surface area contributed by atoms with E-state index in [1.807, 2.05) is 11.8 Å². The van der Waals surface area contributed by atoms with Crippen molar-refractivity contribution in [2.45, 2.75) is 57.7 Å². The third kappa shape index (κ3) is 3.42. The summed E-state index contributed by atoms with van der Waals surface area (Å²) in [6.07, 6.45) is 4.74. The zero-order valence-corrected chi connectivity index (χ0v) is 10.9. The summed E-state index contributed by atoms with van der Waals surface area (Å²) in [6, 6.07) is 0.866. The predicted octanol–water partition coefficient (Wildman–Crippen LogP) is 1.15. The highest BCUT2D eigenvalue weighted by molar-refractivity contribution is 5.78. The van der Waals surface area contributed by atoms with Gasteiger partial charge in [-0.15, -0.1) is 0 Å². The number of nitrogens with one attached hydrogen (secondary N) is 1. The molecular formula is C13H24N2O2. The molecule has 2 rings (SSSR count). The van der Waals surface area contributed by atoms with E-state index in [9.17, 15) is 4.79 Å². The number of carbonyl (C=O) groups excluding carboxylic acids is 1. The van der Waals surface area contributed by atoms with Gasteiger partial charge in [0.1, 0.15) is 6.61 Å². The van der Waals surface area contributed by atoms with Gasteiger partial charge in [-0.25, -0.2) is 0 Å². The van der Waals surface area contributed by atoms with Crippen LogP contribution >= 0.6 is 0 Å². The highest BCUT2D eigenvalue weighted by Crippen LogP contribution is 2.26. The summed E-state index contributed by atoms with van der Waals surface area (Å²) >= 11 is 0. The fourth-order valence-electron chi connectivity index (χ4n) is 2.53. The lowest BCUT2D eigenvalue weighted by atomic mass is 10.0. The number of hydrogen-bond donors (Lipinski definition) is 1. The molecule has 2 atom stereocenters. The van der Waals surface area contributed by atoms with Crippen LogP contribution in [0.1, 0.15) is 39.5 Å². The van der Waals surface area contributed by atoms with E-state index in [1.165, 1.54) is 12.8 Å². The lowest BCUT2D eigenvalue weighted by Gasteiger charge is -2.30. The van der Waals surface area contributed by atoms with Crippen LogP contribution in [0.25, 0.3) is 0 Å². The molecule has 4 nitrogen and oxygen atoms in total. The van der Waals surface area contributed by atoms with Gasteiger partial charge in [-0.1, -0.05) is 0 Å². The molecule has 2 unspecified atom stereocenters. The van der Waals surface area contributed by atoms with Crippen molar-refractivity contribution in [3.63, 3.8) is 0 Å². The Bertz CT molecular complexity index is 266. The first-order valence-electron chi connectivity index (χ1n) is 6.86. The smallest absolute Gasteiger partial charge is 0.248 e. The number of nitrogens with zero attached hydrogens (tertiary/aromatic N) is 1. The van der Waals surface area contributed by atoms with Crippen LogP contribution in [0.4, 0.5) is 0 Å². The second-order valence-corrected chi connectivity index (χ2v) is 5.15. The molecule has 0 spiro atoms. The zero-order chi connectivity index (χ0) is 12.3. The second-order valence-electron chi connectivity index (χ2n) is 5.15. The van der Waals surface area contributed by atoms with Crippen molar-refractivity contribution in [3.8, 4) is 0 Å². The van der Waals surface area contributed by atoms with Gasteiger partial charge in [-0.3, -0.25) is 4.79 Å². The van der Waals surface area contributed by atoms with Crippen molar-refractivity contribution in [2.75, 3.05) is 19.7 Å². The number of amides is 1. The van der Waals surface area contributed by atoms with Crippen LogP contribution < -0.4 is 5.32 Å². The SMILES string of the molecule is CCN(C(=O)COC1CCCNC1C)C1CC1. The molecule has 1 saturated heterocycles. The summed E-state index contributed by atoms with van der Waals surface area (Å²) in [5.74, 6) is 0.160. The Morgan fingerprint density at radius 2 is 2.18 bits per heavy atom. The van der Waals surface area contributed by atoms with Crippen molar-refractivity contribution in [1.29, 1.82) is 0 Å². The first-order chi connectivity index (χ1) is 8.22. The summed E-state index contributed by atoms with van der Waals surface area (Å²) in [4.78, 5) is 13.9. The van der Waals surface area contributed by atoms with Crippen molar-refractivity contribution < 1.29 is 9.53 Å². The molecule has 98 valence electrons. The van der Waals surface area contributed by atoms with Gasteiger partial charge in [0.15, 0.2) is 0 Å². The van der Waals surface area contributed by atoms with Gasteiger partial charge in [0.2, 0.25) is 5.91 Å². The van der Waals surface area contributed by atoms with Gasteiger partial charge >= 0.3 is 0 Å². The quantitative estimate of drug-likeness (QED) is 0.784. The number of likely N-dealkylation sites (N-methyl/N-ethyl adjacent to an activating group) is 1. The van der Waals surface area contributed by atoms with Crippen molar-refractivity contribution in [2.24, 2.45) is 0 Å². The lowest BCUT2D eigenvalue weighted by molar-refractivity contribution is -0.139. The Kier molecular flexibility index (Phi) is 4.40. The maximum absolute atomic E-state index is 12.0. The minimum absolute atomic E-state index is 0.160. The average molecular weight is 240 g/mol. The summed E-state index contributed by atoms with van der Waals surface area (Å²) in [5.41, 5.74) is 0. The molecule has 1 saturated carbocycles. The molecule has 17 heavy (non-hydrogen) atoms. The molecule has 1 heterocycles. The summed E-state index contributed by atoms with van der Waals surface area (Å²) in [7, 11) is 0. The van der Waals surface area contributed by atoms with Crippen LogP contribution in [-0.4, -0.2) is 48.7 Å². The monoisotopic (exact) mass is 240 g/mol. The summed E-state index contributed by atoms with van der Waals surface area (Å²) in [5, 5.41) is 3.38. The van der Waals surface area contributed by atoms with E-state index in [0.717, 1.165) is 25.9 Å². The highest BCUT2D eigenvalue weighted by Gasteiger charge is 2.32. The number of rotatable bonds is 5. The van der Waals surface area contributed by atoms with Gasteiger partial charge in [-0.05, 0) is 46.1 Å². The summed E-state index contributed by atoms with van der Waals surface area (Å²) in [6.45, 7) is 6.30. The van der Waals surface area contributed by atoms with E-state index in [-0.39, 0.29) is 18.6 Å². The fourth-order valence-corrected chi connectivity index (χ4v) is 2.53. The van der Waals surface area contributed by atoms with E-state index in [2.05, 4.69) is 12.2 Å². The molecular weight excluding hydrogens is 216 g/mol. The van der Waals surface area contributed by atoms with Crippen LogP contribution in [0.15, 0.2) is 0 Å². The fraction of sp³-hybridized carbons (Fsp3) is 0.923. The molecule has 4 heteroatoms. The van der Waals surface area contributed by atoms with Crippen LogP contribution in [0.5, 0.6) is 0 Å². The molecule has 0 bridgehead atoms. The molecule has 1 amide bonds. The van der Waals surface area contributed by atoms with Gasteiger partial charge in [0, 0.05) is 18.6 Å². The van der Waals surface area contributed by atoms with Gasteiger partial charge in [0.05, 0.1) is 6.10 Å². The molecule has 1 aliphatic heterocycles. The van der Waals surface area contributed by atoms with Gasteiger partial charge in [0.25, 0.3) is 0 Å². The number of piperidine rings is 1. The minimum atomic E-state index is 0.160. The topological polar surface area (TPSA) is 41.6 Å². The molecule has 1 aliphatic carbocycles. The van der Waals surface area contributed by atoms with E-state index in [0.29, 0.717) is 12.1 Å². The van der Waals surface area contributed by atoms with E-state index < -0.39 is 0 Å². The maximum atomic E-state index is 12.0. The lowest BCUT2D eigenvalue weighted by Crippen LogP contribution is -2.45. The normalized spacial score (nSPS) is 29.1. The molecule has 0 aromatic rings. The number of hydrogen-bond acceptors (Lipinski definition) is 3. The van der Waals surface area contributed by atoms with Crippen molar-refractivity contribution in [3.05, 3.63) is 0 Å². The molecule has 0 aromatic carbocycles. The Morgan fingerprint density at radius 3 is 2.76 bits per heavy atom. The van der Waals surface area contributed by atoms with E-state index >= 15 is 0 Å². The molecule has 2 fully saturated rings. The van der Waals surface area contributed by atoms with E-state index in [1.54, 1.807) is 0 Å². The zero-order valence-electron chi connectivity index (χ0n) is 10.9. The number of ether oxygens (including phenoxy) is 1. The molecule has 2 aliphatic rings. The van der Waals surface area contributed by atoms with Crippen LogP contribution in [-0.2, 0) is 9.53 Å². The maximum Gasteiger partial charge on any atom is 0.248 e. The minimum Gasteiger partial charge on any atom is -0.367 e.